The third-order valence-corrected chi connectivity index (χ3v) is 3.16. The lowest BCUT2D eigenvalue weighted by Crippen LogP contribution is -2.24. The van der Waals surface area contributed by atoms with E-state index in [0.29, 0.717) is 17.7 Å². The van der Waals surface area contributed by atoms with Crippen LogP contribution in [0, 0.1) is 11.3 Å². The minimum absolute atomic E-state index is 0.00350. The molecule has 0 atom stereocenters. The molecule has 0 saturated carbocycles. The second-order valence-electron chi connectivity index (χ2n) is 4.59. The van der Waals surface area contributed by atoms with Crippen LogP contribution in [0.25, 0.3) is 0 Å². The van der Waals surface area contributed by atoms with Gasteiger partial charge in [0, 0.05) is 31.5 Å². The molecule has 0 bridgehead atoms. The molecule has 2 rings (SSSR count). The molecule has 0 N–H and O–H groups in total. The molecule has 0 unspecified atom stereocenters. The Kier molecular flexibility index (Phi) is 4.16. The molecule has 2 aromatic rings. The molecular weight excluding hydrogens is 252 g/mol. The van der Waals surface area contributed by atoms with E-state index < -0.39 is 0 Å². The average Bonchev–Trinajstić information content (AvgIpc) is 2.97. The summed E-state index contributed by atoms with van der Waals surface area (Å²) in [6.07, 6.45) is 3.63. The first-order chi connectivity index (χ1) is 9.61. The zero-order valence-corrected chi connectivity index (χ0v) is 11.6. The zero-order valence-electron chi connectivity index (χ0n) is 11.6. The van der Waals surface area contributed by atoms with Gasteiger partial charge in [0.15, 0.2) is 5.78 Å². The van der Waals surface area contributed by atoms with Crippen molar-refractivity contribution in [3.05, 3.63) is 47.8 Å². The van der Waals surface area contributed by atoms with Crippen LogP contribution in [0.15, 0.2) is 36.7 Å². The van der Waals surface area contributed by atoms with Gasteiger partial charge in [-0.2, -0.15) is 10.4 Å². The first-order valence-electron chi connectivity index (χ1n) is 6.35. The third kappa shape index (κ3) is 3.04. The maximum atomic E-state index is 11.4. The van der Waals surface area contributed by atoms with Gasteiger partial charge in [-0.25, -0.2) is 0 Å². The van der Waals surface area contributed by atoms with E-state index in [1.165, 1.54) is 6.92 Å². The van der Waals surface area contributed by atoms with Crippen LogP contribution >= 0.6 is 0 Å². The van der Waals surface area contributed by atoms with Gasteiger partial charge in [0.05, 0.1) is 17.8 Å². The van der Waals surface area contributed by atoms with Crippen molar-refractivity contribution >= 4 is 11.5 Å². The molecular formula is C15H16N4O. The highest BCUT2D eigenvalue weighted by atomic mass is 16.1. The maximum Gasteiger partial charge on any atom is 0.159 e. The van der Waals surface area contributed by atoms with E-state index in [1.54, 1.807) is 24.4 Å². The fourth-order valence-electron chi connectivity index (χ4n) is 1.97. The van der Waals surface area contributed by atoms with Crippen LogP contribution in [0.4, 0.5) is 5.69 Å². The van der Waals surface area contributed by atoms with E-state index >= 15 is 0 Å². The molecule has 0 aliphatic rings. The number of aromatic nitrogens is 2. The van der Waals surface area contributed by atoms with Gasteiger partial charge in [-0.15, -0.1) is 0 Å². The first-order valence-corrected chi connectivity index (χ1v) is 6.35. The lowest BCUT2D eigenvalue weighted by molar-refractivity contribution is 0.101. The van der Waals surface area contributed by atoms with Gasteiger partial charge in [-0.05, 0) is 31.2 Å². The second kappa shape index (κ2) is 6.02. The van der Waals surface area contributed by atoms with Crippen molar-refractivity contribution in [3.63, 3.8) is 0 Å². The Balaban J connectivity index is 2.19. The Bertz CT molecular complexity index is 640. The summed E-state index contributed by atoms with van der Waals surface area (Å²) >= 11 is 0. The van der Waals surface area contributed by atoms with Crippen LogP contribution in [0.2, 0.25) is 0 Å². The minimum atomic E-state index is -0.00350. The topological polar surface area (TPSA) is 61.9 Å². The fourth-order valence-corrected chi connectivity index (χ4v) is 1.97. The number of hydrogen-bond donors (Lipinski definition) is 0. The summed E-state index contributed by atoms with van der Waals surface area (Å²) in [6.45, 7) is 2.95. The molecule has 1 aromatic carbocycles. The highest BCUT2D eigenvalue weighted by Gasteiger charge is 2.10. The van der Waals surface area contributed by atoms with E-state index in [9.17, 15) is 4.79 Å². The van der Waals surface area contributed by atoms with Crippen molar-refractivity contribution in [2.45, 2.75) is 13.5 Å². The number of nitriles is 1. The molecule has 0 saturated heterocycles. The van der Waals surface area contributed by atoms with E-state index in [4.69, 9.17) is 5.26 Å². The SMILES string of the molecule is CC(=O)c1ccc(C#N)c(N(C)CCn2cccn2)c1. The maximum absolute atomic E-state index is 11.4. The van der Waals surface area contributed by atoms with Crippen molar-refractivity contribution < 1.29 is 4.79 Å². The van der Waals surface area contributed by atoms with Gasteiger partial charge in [-0.3, -0.25) is 9.48 Å². The van der Waals surface area contributed by atoms with Crippen molar-refractivity contribution in [1.82, 2.24) is 9.78 Å². The Hall–Kier alpha value is -2.61. The normalized spacial score (nSPS) is 10.1. The number of nitrogens with zero attached hydrogens (tertiary/aromatic N) is 4. The number of carbonyl (C=O) groups excluding carboxylic acids is 1. The molecule has 102 valence electrons. The quantitative estimate of drug-likeness (QED) is 0.779. The summed E-state index contributed by atoms with van der Waals surface area (Å²) < 4.78 is 1.83. The predicted molar refractivity (Wildman–Crippen MR) is 76.7 cm³/mol. The summed E-state index contributed by atoms with van der Waals surface area (Å²) in [7, 11) is 1.91. The first kappa shape index (κ1) is 13.8. The van der Waals surface area contributed by atoms with Crippen LogP contribution in [0.3, 0.4) is 0 Å². The molecule has 1 aromatic heterocycles. The zero-order chi connectivity index (χ0) is 14.5. The largest absolute Gasteiger partial charge is 0.372 e. The highest BCUT2D eigenvalue weighted by Crippen LogP contribution is 2.21. The van der Waals surface area contributed by atoms with Crippen molar-refractivity contribution in [1.29, 1.82) is 5.26 Å². The number of benzene rings is 1. The number of anilines is 1. The van der Waals surface area contributed by atoms with Gasteiger partial charge in [-0.1, -0.05) is 0 Å². The molecule has 0 aliphatic heterocycles. The van der Waals surface area contributed by atoms with Crippen LogP contribution < -0.4 is 4.90 Å². The van der Waals surface area contributed by atoms with E-state index in [-0.39, 0.29) is 5.78 Å². The Morgan fingerprint density at radius 1 is 1.50 bits per heavy atom. The van der Waals surface area contributed by atoms with Gasteiger partial charge < -0.3 is 4.90 Å². The molecule has 0 radical (unpaired) electrons. The third-order valence-electron chi connectivity index (χ3n) is 3.16. The van der Waals surface area contributed by atoms with Gasteiger partial charge in [0.25, 0.3) is 0 Å². The van der Waals surface area contributed by atoms with Gasteiger partial charge in [0.1, 0.15) is 6.07 Å². The summed E-state index contributed by atoms with van der Waals surface area (Å²) in [5.41, 5.74) is 1.95. The number of hydrogen-bond acceptors (Lipinski definition) is 4. The standard InChI is InChI=1S/C15H16N4O/c1-12(20)13-4-5-14(11-16)15(10-13)18(2)8-9-19-7-3-6-17-19/h3-7,10H,8-9H2,1-2H3. The molecule has 0 amide bonds. The van der Waals surface area contributed by atoms with Crippen LogP contribution in [-0.2, 0) is 6.54 Å². The molecule has 5 nitrogen and oxygen atoms in total. The monoisotopic (exact) mass is 268 g/mol. The van der Waals surface area contributed by atoms with Gasteiger partial charge >= 0.3 is 0 Å². The summed E-state index contributed by atoms with van der Waals surface area (Å²) in [4.78, 5) is 13.4. The summed E-state index contributed by atoms with van der Waals surface area (Å²) in [6, 6.07) is 9.18. The second-order valence-corrected chi connectivity index (χ2v) is 4.59. The average molecular weight is 268 g/mol. The predicted octanol–water partition coefficient (Wildman–Crippen LogP) is 2.09. The number of likely N-dealkylation sites (N-methyl/N-ethyl adjacent to an activating group) is 1. The van der Waals surface area contributed by atoms with E-state index in [0.717, 1.165) is 12.2 Å². The lowest BCUT2D eigenvalue weighted by Gasteiger charge is -2.21. The Labute approximate surface area is 118 Å². The lowest BCUT2D eigenvalue weighted by atomic mass is 10.1. The van der Waals surface area contributed by atoms with Crippen molar-refractivity contribution in [3.8, 4) is 6.07 Å². The molecule has 5 heteroatoms. The number of ketones is 1. The van der Waals surface area contributed by atoms with E-state index in [2.05, 4.69) is 11.2 Å². The Morgan fingerprint density at radius 2 is 2.30 bits per heavy atom. The van der Waals surface area contributed by atoms with Crippen molar-refractivity contribution in [2.24, 2.45) is 0 Å². The molecule has 1 heterocycles. The Morgan fingerprint density at radius 3 is 2.90 bits per heavy atom. The fraction of sp³-hybridized carbons (Fsp3) is 0.267. The number of rotatable bonds is 5. The number of carbonyl (C=O) groups is 1. The van der Waals surface area contributed by atoms with Crippen LogP contribution in [0.5, 0.6) is 0 Å². The smallest absolute Gasteiger partial charge is 0.159 e. The van der Waals surface area contributed by atoms with E-state index in [1.807, 2.05) is 28.9 Å². The highest BCUT2D eigenvalue weighted by molar-refractivity contribution is 5.95. The van der Waals surface area contributed by atoms with Crippen LogP contribution in [0.1, 0.15) is 22.8 Å². The molecule has 0 fully saturated rings. The van der Waals surface area contributed by atoms with Crippen LogP contribution in [-0.4, -0.2) is 29.2 Å². The van der Waals surface area contributed by atoms with Crippen molar-refractivity contribution in [2.75, 3.05) is 18.5 Å². The minimum Gasteiger partial charge on any atom is -0.372 e. The molecule has 20 heavy (non-hydrogen) atoms. The van der Waals surface area contributed by atoms with Gasteiger partial charge in [0.2, 0.25) is 0 Å². The number of Topliss-reactive ketones (excluding diaryl/α,β-unsaturated/α-hetero) is 1. The molecule has 0 spiro atoms. The summed E-state index contributed by atoms with van der Waals surface area (Å²) in [5, 5.41) is 13.3. The molecule has 0 aliphatic carbocycles. The summed E-state index contributed by atoms with van der Waals surface area (Å²) in [5.74, 6) is -0.00350.